The van der Waals surface area contributed by atoms with Gasteiger partial charge in [0.05, 0.1) is 12.0 Å². The number of esters is 1. The smallest absolute Gasteiger partial charge is 0.460 e. The molecule has 0 aliphatic rings. The standard InChI is InChI=1S/C22H22F22O2/c1-5-12(3,4)11(45)46-8-9(2)6-7-10(23)13(20(36,37)38,21(39,40)41)14(24,25)15(26,27)16(28,29)17(30,31)18(32,33)19(34,35)22(42,43)44/h9-10H,5-8H2,1-4H3. The Morgan fingerprint density at radius 1 is 0.543 bits per heavy atom. The average molecular weight is 736 g/mol. The molecule has 2 unspecified atom stereocenters. The van der Waals surface area contributed by atoms with Crippen molar-refractivity contribution in [3.05, 3.63) is 0 Å². The minimum atomic E-state index is -9.34. The molecule has 0 bridgehead atoms. The quantitative estimate of drug-likeness (QED) is 0.131. The summed E-state index contributed by atoms with van der Waals surface area (Å²) in [4.78, 5) is 11.9. The van der Waals surface area contributed by atoms with E-state index in [4.69, 9.17) is 0 Å². The van der Waals surface area contributed by atoms with Crippen LogP contribution in [0.1, 0.15) is 47.0 Å². The van der Waals surface area contributed by atoms with Gasteiger partial charge in [-0.15, -0.1) is 0 Å². The van der Waals surface area contributed by atoms with Gasteiger partial charge in [-0.1, -0.05) is 13.8 Å². The second-order valence-corrected chi connectivity index (χ2v) is 10.7. The van der Waals surface area contributed by atoms with Crippen molar-refractivity contribution in [1.82, 2.24) is 0 Å². The zero-order valence-electron chi connectivity index (χ0n) is 23.1. The molecule has 0 saturated carbocycles. The van der Waals surface area contributed by atoms with Crippen LogP contribution in [-0.2, 0) is 9.53 Å². The lowest BCUT2D eigenvalue weighted by atomic mass is 9.69. The lowest BCUT2D eigenvalue weighted by Gasteiger charge is -2.49. The van der Waals surface area contributed by atoms with Crippen molar-refractivity contribution in [3.8, 4) is 0 Å². The lowest BCUT2D eigenvalue weighted by molar-refractivity contribution is -0.490. The lowest BCUT2D eigenvalue weighted by Crippen LogP contribution is -2.78. The van der Waals surface area contributed by atoms with Crippen LogP contribution >= 0.6 is 0 Å². The van der Waals surface area contributed by atoms with Gasteiger partial charge in [0.1, 0.15) is 6.17 Å². The maximum atomic E-state index is 14.8. The molecule has 276 valence electrons. The highest BCUT2D eigenvalue weighted by molar-refractivity contribution is 5.75. The van der Waals surface area contributed by atoms with Crippen molar-refractivity contribution in [3.63, 3.8) is 0 Å². The molecule has 0 aromatic carbocycles. The first-order valence-electron chi connectivity index (χ1n) is 12.0. The Morgan fingerprint density at radius 2 is 0.870 bits per heavy atom. The van der Waals surface area contributed by atoms with Gasteiger partial charge in [-0.2, -0.15) is 92.2 Å². The Labute approximate surface area is 243 Å². The summed E-state index contributed by atoms with van der Waals surface area (Å²) in [6.45, 7) is 3.66. The molecule has 0 aliphatic carbocycles. The van der Waals surface area contributed by atoms with Gasteiger partial charge in [0, 0.05) is 0 Å². The van der Waals surface area contributed by atoms with E-state index < -0.39 is 102 Å². The number of rotatable bonds is 14. The van der Waals surface area contributed by atoms with E-state index in [2.05, 4.69) is 4.74 Å². The number of carbonyl (C=O) groups excluding carboxylic acids is 1. The van der Waals surface area contributed by atoms with Gasteiger partial charge in [0.2, 0.25) is 0 Å². The number of hydrogen-bond acceptors (Lipinski definition) is 2. The zero-order chi connectivity index (χ0) is 37.8. The Hall–Kier alpha value is -2.07. The molecule has 0 amide bonds. The fraction of sp³-hybridized carbons (Fsp3) is 0.955. The van der Waals surface area contributed by atoms with Crippen molar-refractivity contribution in [2.24, 2.45) is 16.7 Å². The highest BCUT2D eigenvalue weighted by Gasteiger charge is 2.99. The third-order valence-electron chi connectivity index (χ3n) is 7.04. The molecule has 0 rings (SSSR count). The fourth-order valence-corrected chi connectivity index (χ4v) is 3.57. The monoisotopic (exact) mass is 736 g/mol. The van der Waals surface area contributed by atoms with Gasteiger partial charge in [-0.3, -0.25) is 4.79 Å². The Balaban J connectivity index is 7.19. The summed E-state index contributed by atoms with van der Waals surface area (Å²) < 4.78 is 304. The molecule has 0 spiro atoms. The Bertz CT molecular complexity index is 1040. The van der Waals surface area contributed by atoms with Crippen LogP contribution in [0.3, 0.4) is 0 Å². The SMILES string of the molecule is CCC(C)(C)C(=O)OCC(C)CCC(F)C(C(F)(F)F)(C(F)(F)F)C(F)(F)C(F)(F)C(F)(F)C(F)(F)C(F)(F)C(F)(F)C(F)(F)F. The van der Waals surface area contributed by atoms with Crippen LogP contribution in [0.25, 0.3) is 0 Å². The molecule has 2 atom stereocenters. The van der Waals surface area contributed by atoms with Gasteiger partial charge in [-0.25, -0.2) is 4.39 Å². The van der Waals surface area contributed by atoms with Gasteiger partial charge < -0.3 is 4.74 Å². The van der Waals surface area contributed by atoms with Crippen molar-refractivity contribution in [1.29, 1.82) is 0 Å². The third kappa shape index (κ3) is 6.50. The summed E-state index contributed by atoms with van der Waals surface area (Å²) in [5.41, 5.74) is -9.51. The van der Waals surface area contributed by atoms with Crippen LogP contribution in [0.5, 0.6) is 0 Å². The van der Waals surface area contributed by atoms with Crippen LogP contribution < -0.4 is 0 Å². The summed E-state index contributed by atoms with van der Waals surface area (Å²) in [6, 6.07) is 0. The van der Waals surface area contributed by atoms with Gasteiger partial charge >= 0.3 is 60.0 Å². The summed E-state index contributed by atoms with van der Waals surface area (Å²) in [7, 11) is 0. The van der Waals surface area contributed by atoms with Crippen LogP contribution in [-0.4, -0.2) is 72.8 Å². The minimum absolute atomic E-state index is 0.0687. The van der Waals surface area contributed by atoms with E-state index in [1.54, 1.807) is 0 Å². The molecule has 24 heteroatoms. The van der Waals surface area contributed by atoms with Crippen molar-refractivity contribution >= 4 is 5.97 Å². The van der Waals surface area contributed by atoms with E-state index in [9.17, 15) is 101 Å². The normalized spacial score (nSPS) is 17.2. The van der Waals surface area contributed by atoms with Crippen molar-refractivity contribution in [2.45, 2.75) is 107 Å². The van der Waals surface area contributed by atoms with Crippen LogP contribution in [0, 0.1) is 16.7 Å². The molecule has 0 aromatic heterocycles. The summed E-state index contributed by atoms with van der Waals surface area (Å²) >= 11 is 0. The number of ether oxygens (including phenoxy) is 1. The Kier molecular flexibility index (Phi) is 11.9. The maximum Gasteiger partial charge on any atom is 0.460 e. The predicted octanol–water partition coefficient (Wildman–Crippen LogP) is 10.2. The number of carbonyl (C=O) groups is 1. The molecule has 46 heavy (non-hydrogen) atoms. The van der Waals surface area contributed by atoms with Gasteiger partial charge in [0.15, 0.2) is 0 Å². The summed E-state index contributed by atoms with van der Waals surface area (Å²) in [5, 5.41) is 0. The van der Waals surface area contributed by atoms with Crippen LogP contribution in [0.2, 0.25) is 0 Å². The molecule has 2 nitrogen and oxygen atoms in total. The average Bonchev–Trinajstić information content (AvgIpc) is 2.82. The first-order valence-corrected chi connectivity index (χ1v) is 12.0. The van der Waals surface area contributed by atoms with Crippen LogP contribution in [0.4, 0.5) is 96.6 Å². The summed E-state index contributed by atoms with van der Waals surface area (Å²) in [5.74, 6) is -57.2. The largest absolute Gasteiger partial charge is 0.465 e. The predicted molar refractivity (Wildman–Crippen MR) is 109 cm³/mol. The minimum Gasteiger partial charge on any atom is -0.465 e. The third-order valence-corrected chi connectivity index (χ3v) is 7.04. The Morgan fingerprint density at radius 3 is 1.17 bits per heavy atom. The zero-order valence-corrected chi connectivity index (χ0v) is 23.1. The van der Waals surface area contributed by atoms with E-state index in [-0.39, 0.29) is 6.42 Å². The molecule has 0 fully saturated rings. The van der Waals surface area contributed by atoms with Gasteiger partial charge in [-0.05, 0) is 39.0 Å². The number of alkyl halides is 22. The molecule has 0 heterocycles. The van der Waals surface area contributed by atoms with E-state index in [0.717, 1.165) is 6.92 Å². The molecule has 0 radical (unpaired) electrons. The second-order valence-electron chi connectivity index (χ2n) is 10.7. The fourth-order valence-electron chi connectivity index (χ4n) is 3.57. The highest BCUT2D eigenvalue weighted by Crippen LogP contribution is 2.70. The number of halogens is 22. The number of hydrogen-bond donors (Lipinski definition) is 0. The molecule has 0 aliphatic heterocycles. The molecular formula is C22H22F22O2. The second kappa shape index (κ2) is 12.4. The van der Waals surface area contributed by atoms with E-state index >= 15 is 0 Å². The first kappa shape index (κ1) is 43.9. The van der Waals surface area contributed by atoms with Crippen LogP contribution in [0.15, 0.2) is 0 Å². The van der Waals surface area contributed by atoms with Crippen molar-refractivity contribution in [2.75, 3.05) is 6.61 Å². The maximum absolute atomic E-state index is 14.8. The molecule has 0 N–H and O–H groups in total. The molecule has 0 aromatic rings. The van der Waals surface area contributed by atoms with Gasteiger partial charge in [0.25, 0.3) is 5.41 Å². The van der Waals surface area contributed by atoms with E-state index in [0.29, 0.717) is 0 Å². The summed E-state index contributed by atoms with van der Waals surface area (Å²) in [6.07, 6.45) is -34.5. The molecular weight excluding hydrogens is 714 g/mol. The van der Waals surface area contributed by atoms with Crippen molar-refractivity contribution < 1.29 is 106 Å². The highest BCUT2D eigenvalue weighted by atomic mass is 19.4. The topological polar surface area (TPSA) is 26.3 Å². The first-order chi connectivity index (χ1) is 19.8. The molecule has 0 saturated heterocycles. The van der Waals surface area contributed by atoms with E-state index in [1.165, 1.54) is 20.8 Å². The van der Waals surface area contributed by atoms with E-state index in [1.807, 2.05) is 0 Å².